The Kier molecular flexibility index (Phi) is 6.80. The molecule has 0 radical (unpaired) electrons. The Labute approximate surface area is 172 Å². The minimum Gasteiger partial charge on any atom is -0.484 e. The summed E-state index contributed by atoms with van der Waals surface area (Å²) < 4.78 is 10.4. The van der Waals surface area contributed by atoms with Gasteiger partial charge in [0.2, 0.25) is 0 Å². The smallest absolute Gasteiger partial charge is 0.413 e. The summed E-state index contributed by atoms with van der Waals surface area (Å²) >= 11 is 1.15. The topological polar surface area (TPSA) is 89.5 Å². The third kappa shape index (κ3) is 5.79. The Morgan fingerprint density at radius 3 is 2.59 bits per heavy atom. The van der Waals surface area contributed by atoms with E-state index in [0.717, 1.165) is 22.5 Å². The van der Waals surface area contributed by atoms with Crippen LogP contribution in [-0.4, -0.2) is 30.2 Å². The fraction of sp³-hybridized carbons (Fsp3) is 0.190. The van der Waals surface area contributed by atoms with E-state index in [-0.39, 0.29) is 19.1 Å². The standard InChI is InChI=1S/C21H21N3O4S/c1-3-27-21(26)24-20-23-18(15-9-5-4-6-10-15)19(29-20)22-17(25)13-28-16-11-7-8-14(2)12-16/h4-12H,3,13H2,1-2H3,(H,22,25)(H,23,24,26). The second kappa shape index (κ2) is 9.70. The van der Waals surface area contributed by atoms with E-state index in [1.165, 1.54) is 0 Å². The molecule has 7 nitrogen and oxygen atoms in total. The van der Waals surface area contributed by atoms with E-state index in [2.05, 4.69) is 15.6 Å². The zero-order valence-electron chi connectivity index (χ0n) is 16.1. The van der Waals surface area contributed by atoms with E-state index in [9.17, 15) is 9.59 Å². The molecule has 3 rings (SSSR count). The number of aryl methyl sites for hydroxylation is 1. The Morgan fingerprint density at radius 1 is 1.07 bits per heavy atom. The number of amides is 2. The molecule has 0 unspecified atom stereocenters. The summed E-state index contributed by atoms with van der Waals surface area (Å²) in [6.45, 7) is 3.78. The van der Waals surface area contributed by atoms with Crippen molar-refractivity contribution in [3.63, 3.8) is 0 Å². The maximum Gasteiger partial charge on any atom is 0.413 e. The molecule has 8 heteroatoms. The molecule has 0 saturated heterocycles. The Hall–Kier alpha value is -3.39. The third-order valence-corrected chi connectivity index (χ3v) is 4.66. The second-order valence-electron chi connectivity index (χ2n) is 6.06. The van der Waals surface area contributed by atoms with Crippen LogP contribution in [0.3, 0.4) is 0 Å². The van der Waals surface area contributed by atoms with Gasteiger partial charge in [0.15, 0.2) is 11.7 Å². The molecule has 0 atom stereocenters. The molecular weight excluding hydrogens is 390 g/mol. The lowest BCUT2D eigenvalue weighted by molar-refractivity contribution is -0.118. The van der Waals surface area contributed by atoms with Gasteiger partial charge in [-0.3, -0.25) is 10.1 Å². The van der Waals surface area contributed by atoms with E-state index in [1.807, 2.05) is 55.5 Å². The molecule has 0 bridgehead atoms. The van der Waals surface area contributed by atoms with Gasteiger partial charge < -0.3 is 14.8 Å². The van der Waals surface area contributed by atoms with E-state index in [1.54, 1.807) is 13.0 Å². The fourth-order valence-corrected chi connectivity index (χ4v) is 3.41. The molecule has 150 valence electrons. The summed E-state index contributed by atoms with van der Waals surface area (Å²) in [5, 5.41) is 6.24. The lowest BCUT2D eigenvalue weighted by Gasteiger charge is -2.08. The fourth-order valence-electron chi connectivity index (χ4n) is 2.52. The predicted molar refractivity (Wildman–Crippen MR) is 113 cm³/mol. The van der Waals surface area contributed by atoms with Crippen molar-refractivity contribution in [2.24, 2.45) is 0 Å². The summed E-state index contributed by atoms with van der Waals surface area (Å²) in [5.41, 5.74) is 2.42. The van der Waals surface area contributed by atoms with Crippen LogP contribution < -0.4 is 15.4 Å². The zero-order chi connectivity index (χ0) is 20.6. The van der Waals surface area contributed by atoms with Crippen molar-refractivity contribution in [2.45, 2.75) is 13.8 Å². The van der Waals surface area contributed by atoms with Gasteiger partial charge in [-0.1, -0.05) is 53.8 Å². The minimum absolute atomic E-state index is 0.143. The molecule has 1 aromatic heterocycles. The van der Waals surface area contributed by atoms with E-state index < -0.39 is 6.09 Å². The van der Waals surface area contributed by atoms with Crippen LogP contribution in [0.5, 0.6) is 5.75 Å². The maximum absolute atomic E-state index is 12.4. The highest BCUT2D eigenvalue weighted by Gasteiger charge is 2.17. The number of hydrogen-bond donors (Lipinski definition) is 2. The van der Waals surface area contributed by atoms with Crippen molar-refractivity contribution < 1.29 is 19.1 Å². The number of hydrogen-bond acceptors (Lipinski definition) is 6. The summed E-state index contributed by atoms with van der Waals surface area (Å²) in [6, 6.07) is 16.9. The number of rotatable bonds is 7. The normalized spacial score (nSPS) is 10.3. The highest BCUT2D eigenvalue weighted by atomic mass is 32.1. The van der Waals surface area contributed by atoms with Crippen LogP contribution in [0.1, 0.15) is 12.5 Å². The van der Waals surface area contributed by atoms with Gasteiger partial charge in [0.25, 0.3) is 5.91 Å². The summed E-state index contributed by atoms with van der Waals surface area (Å²) in [6.07, 6.45) is -0.596. The van der Waals surface area contributed by atoms with Crippen molar-refractivity contribution in [1.82, 2.24) is 4.98 Å². The molecule has 3 aromatic rings. The van der Waals surface area contributed by atoms with Crippen LogP contribution in [0.2, 0.25) is 0 Å². The van der Waals surface area contributed by atoms with Crippen molar-refractivity contribution in [3.8, 4) is 17.0 Å². The van der Waals surface area contributed by atoms with Crippen LogP contribution >= 0.6 is 11.3 Å². The molecule has 2 aromatic carbocycles. The molecule has 0 aliphatic heterocycles. The highest BCUT2D eigenvalue weighted by Crippen LogP contribution is 2.35. The molecule has 1 heterocycles. The number of nitrogens with one attached hydrogen (secondary N) is 2. The van der Waals surface area contributed by atoms with Gasteiger partial charge in [-0.2, -0.15) is 0 Å². The predicted octanol–water partition coefficient (Wildman–Crippen LogP) is 4.70. The van der Waals surface area contributed by atoms with E-state index in [4.69, 9.17) is 9.47 Å². The number of benzene rings is 2. The summed E-state index contributed by atoms with van der Waals surface area (Å²) in [4.78, 5) is 28.6. The first-order valence-electron chi connectivity index (χ1n) is 9.04. The lowest BCUT2D eigenvalue weighted by Crippen LogP contribution is -2.20. The van der Waals surface area contributed by atoms with Crippen LogP contribution in [0.15, 0.2) is 54.6 Å². The van der Waals surface area contributed by atoms with Crippen LogP contribution in [-0.2, 0) is 9.53 Å². The number of carbonyl (C=O) groups excluding carboxylic acids is 2. The highest BCUT2D eigenvalue weighted by molar-refractivity contribution is 7.20. The van der Waals surface area contributed by atoms with Gasteiger partial charge in [-0.15, -0.1) is 0 Å². The van der Waals surface area contributed by atoms with Crippen LogP contribution in [0.4, 0.5) is 14.9 Å². The van der Waals surface area contributed by atoms with Gasteiger partial charge in [0.05, 0.1) is 6.61 Å². The number of nitrogens with zero attached hydrogens (tertiary/aromatic N) is 1. The molecule has 2 amide bonds. The number of ether oxygens (including phenoxy) is 2. The second-order valence-corrected chi connectivity index (χ2v) is 7.06. The van der Waals surface area contributed by atoms with Crippen molar-refractivity contribution in [2.75, 3.05) is 23.8 Å². The van der Waals surface area contributed by atoms with Gasteiger partial charge in [0.1, 0.15) is 16.4 Å². The molecule has 0 aliphatic carbocycles. The van der Waals surface area contributed by atoms with E-state index >= 15 is 0 Å². The third-order valence-electron chi connectivity index (χ3n) is 3.77. The first kappa shape index (κ1) is 20.3. The van der Waals surface area contributed by atoms with Crippen molar-refractivity contribution >= 4 is 33.5 Å². The summed E-state index contributed by atoms with van der Waals surface area (Å²) in [5.74, 6) is 0.299. The Bertz CT molecular complexity index is 989. The quantitative estimate of drug-likeness (QED) is 0.588. The SMILES string of the molecule is CCOC(=O)Nc1nc(-c2ccccc2)c(NC(=O)COc2cccc(C)c2)s1. The van der Waals surface area contributed by atoms with Crippen LogP contribution in [0, 0.1) is 6.92 Å². The maximum atomic E-state index is 12.4. The lowest BCUT2D eigenvalue weighted by atomic mass is 10.2. The molecular formula is C21H21N3O4S. The molecule has 29 heavy (non-hydrogen) atoms. The number of aromatic nitrogens is 1. The summed E-state index contributed by atoms with van der Waals surface area (Å²) in [7, 11) is 0. The monoisotopic (exact) mass is 411 g/mol. The largest absolute Gasteiger partial charge is 0.484 e. The van der Waals surface area contributed by atoms with Gasteiger partial charge in [-0.25, -0.2) is 9.78 Å². The first-order chi connectivity index (χ1) is 14.0. The molecule has 2 N–H and O–H groups in total. The minimum atomic E-state index is -0.596. The van der Waals surface area contributed by atoms with Gasteiger partial charge in [-0.05, 0) is 31.5 Å². The first-order valence-corrected chi connectivity index (χ1v) is 9.86. The van der Waals surface area contributed by atoms with E-state index in [0.29, 0.717) is 21.6 Å². The average Bonchev–Trinajstić information content (AvgIpc) is 3.09. The van der Waals surface area contributed by atoms with Crippen LogP contribution in [0.25, 0.3) is 11.3 Å². The van der Waals surface area contributed by atoms with Crippen molar-refractivity contribution in [3.05, 3.63) is 60.2 Å². The average molecular weight is 411 g/mol. The number of thiazole rings is 1. The van der Waals surface area contributed by atoms with Crippen molar-refractivity contribution in [1.29, 1.82) is 0 Å². The number of anilines is 2. The molecule has 0 fully saturated rings. The molecule has 0 aliphatic rings. The molecule has 0 spiro atoms. The van der Waals surface area contributed by atoms with Gasteiger partial charge in [0, 0.05) is 5.56 Å². The number of carbonyl (C=O) groups is 2. The van der Waals surface area contributed by atoms with Gasteiger partial charge >= 0.3 is 6.09 Å². The molecule has 0 saturated carbocycles. The Balaban J connectivity index is 1.74. The zero-order valence-corrected chi connectivity index (χ0v) is 16.9. The Morgan fingerprint density at radius 2 is 1.86 bits per heavy atom.